The molecule has 0 saturated carbocycles. The summed E-state index contributed by atoms with van der Waals surface area (Å²) in [7, 11) is -3.46. The van der Waals surface area contributed by atoms with E-state index in [1.807, 2.05) is 6.92 Å². The van der Waals surface area contributed by atoms with E-state index in [0.717, 1.165) is 4.47 Å². The van der Waals surface area contributed by atoms with Gasteiger partial charge in [0.1, 0.15) is 0 Å². The molecule has 2 N–H and O–H groups in total. The van der Waals surface area contributed by atoms with Crippen LogP contribution in [0.15, 0.2) is 33.6 Å². The predicted octanol–water partition coefficient (Wildman–Crippen LogP) is 1.75. The number of hydrogen-bond acceptors (Lipinski definition) is 3. The Morgan fingerprint density at radius 3 is 2.76 bits per heavy atom. The molecular weight excluding hydrogens is 306 g/mol. The first-order valence-electron chi connectivity index (χ1n) is 5.32. The van der Waals surface area contributed by atoms with Gasteiger partial charge in [0.25, 0.3) is 0 Å². The third kappa shape index (κ3) is 4.75. The second kappa shape index (κ2) is 6.49. The van der Waals surface area contributed by atoms with Crippen molar-refractivity contribution in [3.63, 3.8) is 0 Å². The standard InChI is InChI=1S/C11H16BrNO3S/c1-9(5-6-14)8-13-17(15,16)11-4-2-3-10(12)7-11/h2-4,7,9,13-14H,5-6,8H2,1H3. The maximum atomic E-state index is 11.9. The van der Waals surface area contributed by atoms with Crippen molar-refractivity contribution in [1.29, 1.82) is 0 Å². The zero-order valence-electron chi connectivity index (χ0n) is 9.56. The van der Waals surface area contributed by atoms with Crippen LogP contribution in [0.5, 0.6) is 0 Å². The molecule has 1 atom stereocenters. The number of aliphatic hydroxyl groups is 1. The quantitative estimate of drug-likeness (QED) is 0.838. The summed E-state index contributed by atoms with van der Waals surface area (Å²) in [5, 5.41) is 8.74. The molecule has 6 heteroatoms. The molecule has 0 amide bonds. The van der Waals surface area contributed by atoms with Gasteiger partial charge in [-0.05, 0) is 30.5 Å². The van der Waals surface area contributed by atoms with Crippen molar-refractivity contribution in [3.05, 3.63) is 28.7 Å². The Labute approximate surface area is 110 Å². The lowest BCUT2D eigenvalue weighted by Crippen LogP contribution is -2.28. The van der Waals surface area contributed by atoms with E-state index in [-0.39, 0.29) is 17.4 Å². The summed E-state index contributed by atoms with van der Waals surface area (Å²) in [6.07, 6.45) is 0.584. The summed E-state index contributed by atoms with van der Waals surface area (Å²) in [4.78, 5) is 0.239. The highest BCUT2D eigenvalue weighted by molar-refractivity contribution is 9.10. The van der Waals surface area contributed by atoms with Crippen LogP contribution in [0.2, 0.25) is 0 Å². The lowest BCUT2D eigenvalue weighted by molar-refractivity contribution is 0.263. The monoisotopic (exact) mass is 321 g/mol. The predicted molar refractivity (Wildman–Crippen MR) is 70.2 cm³/mol. The van der Waals surface area contributed by atoms with Crippen LogP contribution in [-0.4, -0.2) is 26.7 Å². The molecule has 0 aromatic heterocycles. The Kier molecular flexibility index (Phi) is 5.58. The number of rotatable bonds is 6. The molecule has 0 heterocycles. The van der Waals surface area contributed by atoms with Crippen LogP contribution >= 0.6 is 15.9 Å². The lowest BCUT2D eigenvalue weighted by atomic mass is 10.1. The molecule has 0 aliphatic carbocycles. The van der Waals surface area contributed by atoms with Crippen LogP contribution < -0.4 is 4.72 Å². The molecule has 96 valence electrons. The van der Waals surface area contributed by atoms with Crippen molar-refractivity contribution in [2.24, 2.45) is 5.92 Å². The van der Waals surface area contributed by atoms with E-state index in [4.69, 9.17) is 5.11 Å². The van der Waals surface area contributed by atoms with Crippen molar-refractivity contribution < 1.29 is 13.5 Å². The molecule has 0 saturated heterocycles. The van der Waals surface area contributed by atoms with Gasteiger partial charge in [0.2, 0.25) is 10.0 Å². The molecule has 1 aromatic carbocycles. The number of aliphatic hydroxyl groups excluding tert-OH is 1. The summed E-state index contributed by atoms with van der Waals surface area (Å²) in [6, 6.07) is 6.55. The highest BCUT2D eigenvalue weighted by Crippen LogP contribution is 2.16. The SMILES string of the molecule is CC(CCO)CNS(=O)(=O)c1cccc(Br)c1. The maximum Gasteiger partial charge on any atom is 0.240 e. The van der Waals surface area contributed by atoms with Gasteiger partial charge < -0.3 is 5.11 Å². The zero-order valence-corrected chi connectivity index (χ0v) is 12.0. The van der Waals surface area contributed by atoms with E-state index >= 15 is 0 Å². The van der Waals surface area contributed by atoms with E-state index in [9.17, 15) is 8.42 Å². The van der Waals surface area contributed by atoms with Gasteiger partial charge in [-0.2, -0.15) is 0 Å². The van der Waals surface area contributed by atoms with E-state index in [0.29, 0.717) is 13.0 Å². The van der Waals surface area contributed by atoms with Gasteiger partial charge in [0.05, 0.1) is 4.90 Å². The molecule has 1 aromatic rings. The minimum Gasteiger partial charge on any atom is -0.396 e. The minimum atomic E-state index is -3.46. The molecule has 1 rings (SSSR count). The van der Waals surface area contributed by atoms with Crippen molar-refractivity contribution >= 4 is 26.0 Å². The highest BCUT2D eigenvalue weighted by Gasteiger charge is 2.14. The number of sulfonamides is 1. The molecule has 0 spiro atoms. The van der Waals surface area contributed by atoms with Gasteiger partial charge in [-0.25, -0.2) is 13.1 Å². The van der Waals surface area contributed by atoms with Crippen molar-refractivity contribution in [2.75, 3.05) is 13.2 Å². The molecule has 0 fully saturated rings. The molecular formula is C11H16BrNO3S. The number of hydrogen-bond donors (Lipinski definition) is 2. The van der Waals surface area contributed by atoms with Crippen molar-refractivity contribution in [1.82, 2.24) is 4.72 Å². The average molecular weight is 322 g/mol. The third-order valence-electron chi connectivity index (χ3n) is 2.35. The third-order valence-corrected chi connectivity index (χ3v) is 4.26. The largest absolute Gasteiger partial charge is 0.396 e. The summed E-state index contributed by atoms with van der Waals surface area (Å²) in [5.41, 5.74) is 0. The van der Waals surface area contributed by atoms with E-state index in [1.54, 1.807) is 24.3 Å². The first-order valence-corrected chi connectivity index (χ1v) is 7.59. The topological polar surface area (TPSA) is 66.4 Å². The van der Waals surface area contributed by atoms with Gasteiger partial charge >= 0.3 is 0 Å². The van der Waals surface area contributed by atoms with E-state index in [2.05, 4.69) is 20.7 Å². The van der Waals surface area contributed by atoms with Gasteiger partial charge in [0, 0.05) is 17.6 Å². The van der Waals surface area contributed by atoms with Gasteiger partial charge in [-0.1, -0.05) is 28.9 Å². The summed E-state index contributed by atoms with van der Waals surface area (Å²) in [5.74, 6) is 0.113. The van der Waals surface area contributed by atoms with E-state index in [1.165, 1.54) is 0 Å². The molecule has 0 aliphatic rings. The second-order valence-electron chi connectivity index (χ2n) is 3.93. The highest BCUT2D eigenvalue weighted by atomic mass is 79.9. The second-order valence-corrected chi connectivity index (χ2v) is 6.61. The fraction of sp³-hybridized carbons (Fsp3) is 0.455. The molecule has 0 aliphatic heterocycles. The smallest absolute Gasteiger partial charge is 0.240 e. The first-order chi connectivity index (χ1) is 7.95. The number of halogens is 1. The average Bonchev–Trinajstić information content (AvgIpc) is 2.27. The minimum absolute atomic E-state index is 0.0692. The fourth-order valence-electron chi connectivity index (χ4n) is 1.29. The number of nitrogens with one attached hydrogen (secondary N) is 1. The summed E-state index contributed by atoms with van der Waals surface area (Å²) < 4.78 is 27.1. The Morgan fingerprint density at radius 1 is 1.47 bits per heavy atom. The van der Waals surface area contributed by atoms with Crippen LogP contribution in [0.1, 0.15) is 13.3 Å². The van der Waals surface area contributed by atoms with Gasteiger partial charge in [-0.15, -0.1) is 0 Å². The van der Waals surface area contributed by atoms with Crippen LogP contribution in [0.3, 0.4) is 0 Å². The summed E-state index contributed by atoms with van der Waals surface area (Å²) in [6.45, 7) is 2.29. The van der Waals surface area contributed by atoms with Crippen LogP contribution in [0.4, 0.5) is 0 Å². The zero-order chi connectivity index (χ0) is 12.9. The Balaban J connectivity index is 2.69. The number of benzene rings is 1. The Hall–Kier alpha value is -0.430. The molecule has 17 heavy (non-hydrogen) atoms. The normalized spacial score (nSPS) is 13.6. The van der Waals surface area contributed by atoms with E-state index < -0.39 is 10.0 Å². The Morgan fingerprint density at radius 2 is 2.18 bits per heavy atom. The van der Waals surface area contributed by atoms with Crippen molar-refractivity contribution in [2.45, 2.75) is 18.2 Å². The molecule has 0 radical (unpaired) electrons. The maximum absolute atomic E-state index is 11.9. The molecule has 0 bridgehead atoms. The van der Waals surface area contributed by atoms with Crippen LogP contribution in [0, 0.1) is 5.92 Å². The lowest BCUT2D eigenvalue weighted by Gasteiger charge is -2.11. The summed E-state index contributed by atoms with van der Waals surface area (Å²) >= 11 is 3.23. The van der Waals surface area contributed by atoms with Crippen molar-refractivity contribution in [3.8, 4) is 0 Å². The van der Waals surface area contributed by atoms with Crippen LogP contribution in [0.25, 0.3) is 0 Å². The first kappa shape index (κ1) is 14.6. The van der Waals surface area contributed by atoms with Crippen LogP contribution in [-0.2, 0) is 10.0 Å². The Bertz CT molecular complexity index is 462. The van der Waals surface area contributed by atoms with Gasteiger partial charge in [-0.3, -0.25) is 0 Å². The molecule has 4 nitrogen and oxygen atoms in total. The molecule has 1 unspecified atom stereocenters. The van der Waals surface area contributed by atoms with Gasteiger partial charge in [0.15, 0.2) is 0 Å². The fourth-order valence-corrected chi connectivity index (χ4v) is 3.05.